The summed E-state index contributed by atoms with van der Waals surface area (Å²) in [5, 5.41) is 0. The zero-order valence-corrected chi connectivity index (χ0v) is 8.19. The quantitative estimate of drug-likeness (QED) is 0.488. The summed E-state index contributed by atoms with van der Waals surface area (Å²) in [7, 11) is 0. The molecule has 0 atom stereocenters. The standard InChI is InChI=1S/C9H7ClF3NO/c10-4-8(15)5-1-2-6(7(14)3-5)9(11,12)13/h1-3H,4,14H2. The van der Waals surface area contributed by atoms with Gasteiger partial charge in [0.1, 0.15) is 0 Å². The Morgan fingerprint density at radius 3 is 2.40 bits per heavy atom. The highest BCUT2D eigenvalue weighted by Gasteiger charge is 2.32. The summed E-state index contributed by atoms with van der Waals surface area (Å²) in [6.45, 7) is 0. The normalized spacial score (nSPS) is 11.5. The Bertz CT molecular complexity index is 389. The molecule has 0 bridgehead atoms. The van der Waals surface area contributed by atoms with E-state index in [1.807, 2.05) is 0 Å². The SMILES string of the molecule is Nc1cc(C(=O)CCl)ccc1C(F)(F)F. The highest BCUT2D eigenvalue weighted by molar-refractivity contribution is 6.30. The van der Waals surface area contributed by atoms with Crippen LogP contribution in [-0.4, -0.2) is 11.7 Å². The van der Waals surface area contributed by atoms with Crippen LogP contribution < -0.4 is 5.73 Å². The largest absolute Gasteiger partial charge is 0.418 e. The number of halogens is 4. The third-order valence-corrected chi connectivity index (χ3v) is 2.04. The van der Waals surface area contributed by atoms with Crippen LogP contribution in [0.25, 0.3) is 0 Å². The van der Waals surface area contributed by atoms with Crippen LogP contribution >= 0.6 is 11.6 Å². The molecule has 0 aliphatic rings. The summed E-state index contributed by atoms with van der Waals surface area (Å²) >= 11 is 5.26. The number of hydrogen-bond acceptors (Lipinski definition) is 2. The van der Waals surface area contributed by atoms with Crippen LogP contribution in [0.5, 0.6) is 0 Å². The van der Waals surface area contributed by atoms with E-state index in [0.29, 0.717) is 0 Å². The van der Waals surface area contributed by atoms with Crippen molar-refractivity contribution in [2.75, 3.05) is 11.6 Å². The maximum atomic E-state index is 12.3. The van der Waals surface area contributed by atoms with Crippen LogP contribution in [0.1, 0.15) is 15.9 Å². The topological polar surface area (TPSA) is 43.1 Å². The number of Topliss-reactive ketones (excluding diaryl/α,β-unsaturated/α-hetero) is 1. The fraction of sp³-hybridized carbons (Fsp3) is 0.222. The summed E-state index contributed by atoms with van der Waals surface area (Å²) in [5.41, 5.74) is 3.84. The minimum atomic E-state index is -4.51. The lowest BCUT2D eigenvalue weighted by atomic mass is 10.1. The van der Waals surface area contributed by atoms with Gasteiger partial charge in [0.15, 0.2) is 5.78 Å². The minimum Gasteiger partial charge on any atom is -0.398 e. The molecule has 0 aromatic heterocycles. The lowest BCUT2D eigenvalue weighted by Crippen LogP contribution is -2.10. The minimum absolute atomic E-state index is 0.0792. The van der Waals surface area contributed by atoms with Gasteiger partial charge in [0.2, 0.25) is 0 Å². The van der Waals surface area contributed by atoms with E-state index in [4.69, 9.17) is 17.3 Å². The lowest BCUT2D eigenvalue weighted by molar-refractivity contribution is -0.136. The molecular weight excluding hydrogens is 231 g/mol. The third-order valence-electron chi connectivity index (χ3n) is 1.80. The van der Waals surface area contributed by atoms with E-state index in [9.17, 15) is 18.0 Å². The number of carbonyl (C=O) groups excluding carboxylic acids is 1. The Balaban J connectivity index is 3.15. The fourth-order valence-corrected chi connectivity index (χ4v) is 1.23. The smallest absolute Gasteiger partial charge is 0.398 e. The molecule has 1 aromatic carbocycles. The number of anilines is 1. The Labute approximate surface area is 88.8 Å². The van der Waals surface area contributed by atoms with Crippen molar-refractivity contribution in [1.82, 2.24) is 0 Å². The number of hydrogen-bond donors (Lipinski definition) is 1. The second-order valence-electron chi connectivity index (χ2n) is 2.86. The van der Waals surface area contributed by atoms with E-state index >= 15 is 0 Å². The molecule has 0 unspecified atom stereocenters. The van der Waals surface area contributed by atoms with E-state index in [0.717, 1.165) is 18.2 Å². The molecule has 0 fully saturated rings. The zero-order chi connectivity index (χ0) is 11.6. The Kier molecular flexibility index (Phi) is 3.24. The number of rotatable bonds is 2. The zero-order valence-electron chi connectivity index (χ0n) is 7.44. The van der Waals surface area contributed by atoms with Crippen LogP contribution in [-0.2, 0) is 6.18 Å². The summed E-state index contributed by atoms with van der Waals surface area (Å²) in [6, 6.07) is 2.81. The Hall–Kier alpha value is -1.23. The molecule has 0 aliphatic heterocycles. The maximum Gasteiger partial charge on any atom is 0.418 e. The van der Waals surface area contributed by atoms with Crippen LogP contribution in [0.2, 0.25) is 0 Å². The van der Waals surface area contributed by atoms with Crippen molar-refractivity contribution in [3.8, 4) is 0 Å². The van der Waals surface area contributed by atoms with E-state index in [1.54, 1.807) is 0 Å². The average Bonchev–Trinajstić information content (AvgIpc) is 2.14. The second-order valence-corrected chi connectivity index (χ2v) is 3.12. The predicted molar refractivity (Wildman–Crippen MR) is 50.9 cm³/mol. The molecule has 82 valence electrons. The van der Waals surface area contributed by atoms with Gasteiger partial charge in [-0.3, -0.25) is 4.79 Å². The number of ketones is 1. The number of nitrogen functional groups attached to an aromatic ring is 1. The van der Waals surface area contributed by atoms with E-state index in [1.165, 1.54) is 0 Å². The van der Waals surface area contributed by atoms with Crippen molar-refractivity contribution in [2.24, 2.45) is 0 Å². The Morgan fingerprint density at radius 1 is 1.40 bits per heavy atom. The summed E-state index contributed by atoms with van der Waals surface area (Å²) < 4.78 is 36.8. The van der Waals surface area contributed by atoms with Gasteiger partial charge in [-0.15, -0.1) is 11.6 Å². The molecule has 0 spiro atoms. The van der Waals surface area contributed by atoms with Crippen LogP contribution in [0.15, 0.2) is 18.2 Å². The molecule has 15 heavy (non-hydrogen) atoms. The molecule has 0 amide bonds. The van der Waals surface area contributed by atoms with Crippen molar-refractivity contribution in [1.29, 1.82) is 0 Å². The number of benzene rings is 1. The van der Waals surface area contributed by atoms with Crippen molar-refractivity contribution < 1.29 is 18.0 Å². The first-order valence-corrected chi connectivity index (χ1v) is 4.45. The molecule has 0 saturated heterocycles. The number of carbonyl (C=O) groups is 1. The van der Waals surface area contributed by atoms with Crippen LogP contribution in [0.4, 0.5) is 18.9 Å². The van der Waals surface area contributed by atoms with E-state index < -0.39 is 23.2 Å². The van der Waals surface area contributed by atoms with Gasteiger partial charge in [-0.05, 0) is 12.1 Å². The van der Waals surface area contributed by atoms with E-state index in [-0.39, 0.29) is 11.4 Å². The monoisotopic (exact) mass is 237 g/mol. The van der Waals surface area contributed by atoms with Gasteiger partial charge >= 0.3 is 6.18 Å². The molecule has 6 heteroatoms. The van der Waals surface area contributed by atoms with Crippen molar-refractivity contribution in [2.45, 2.75) is 6.18 Å². The molecule has 2 nitrogen and oxygen atoms in total. The number of nitrogens with two attached hydrogens (primary N) is 1. The molecule has 0 saturated carbocycles. The molecule has 0 radical (unpaired) electrons. The highest BCUT2D eigenvalue weighted by Crippen LogP contribution is 2.33. The van der Waals surface area contributed by atoms with E-state index in [2.05, 4.69) is 0 Å². The first-order valence-electron chi connectivity index (χ1n) is 3.92. The molecular formula is C9H7ClF3NO. The van der Waals surface area contributed by atoms with Gasteiger partial charge in [0.25, 0.3) is 0 Å². The van der Waals surface area contributed by atoms with Crippen molar-refractivity contribution in [3.05, 3.63) is 29.3 Å². The van der Waals surface area contributed by atoms with Gasteiger partial charge < -0.3 is 5.73 Å². The first kappa shape index (κ1) is 11.8. The van der Waals surface area contributed by atoms with Gasteiger partial charge in [-0.25, -0.2) is 0 Å². The summed E-state index contributed by atoms with van der Waals surface area (Å²) in [5.74, 6) is -0.748. The summed E-state index contributed by atoms with van der Waals surface area (Å²) in [6.07, 6.45) is -4.51. The average molecular weight is 238 g/mol. The number of alkyl halides is 4. The van der Waals surface area contributed by atoms with Gasteiger partial charge in [-0.1, -0.05) is 6.07 Å². The Morgan fingerprint density at radius 2 is 2.00 bits per heavy atom. The fourth-order valence-electron chi connectivity index (χ4n) is 1.07. The molecule has 0 aliphatic carbocycles. The van der Waals surface area contributed by atoms with Crippen LogP contribution in [0, 0.1) is 0 Å². The summed E-state index contributed by atoms with van der Waals surface area (Å²) in [4.78, 5) is 11.1. The maximum absolute atomic E-state index is 12.3. The molecule has 1 aromatic rings. The predicted octanol–water partition coefficient (Wildman–Crippen LogP) is 2.71. The van der Waals surface area contributed by atoms with Crippen molar-refractivity contribution >= 4 is 23.1 Å². The molecule has 0 heterocycles. The van der Waals surface area contributed by atoms with Gasteiger partial charge in [-0.2, -0.15) is 13.2 Å². The third kappa shape index (κ3) is 2.62. The first-order chi connectivity index (χ1) is 6.86. The lowest BCUT2D eigenvalue weighted by Gasteiger charge is -2.10. The highest BCUT2D eigenvalue weighted by atomic mass is 35.5. The van der Waals surface area contributed by atoms with Crippen molar-refractivity contribution in [3.63, 3.8) is 0 Å². The molecule has 1 rings (SSSR count). The van der Waals surface area contributed by atoms with Gasteiger partial charge in [0.05, 0.1) is 11.4 Å². The second kappa shape index (κ2) is 4.10. The molecule has 2 N–H and O–H groups in total. The van der Waals surface area contributed by atoms with Crippen LogP contribution in [0.3, 0.4) is 0 Å². The van der Waals surface area contributed by atoms with Gasteiger partial charge in [0, 0.05) is 11.3 Å².